The summed E-state index contributed by atoms with van der Waals surface area (Å²) >= 11 is 1.61. The van der Waals surface area contributed by atoms with E-state index < -0.39 is 0 Å². The predicted molar refractivity (Wildman–Crippen MR) is 131 cm³/mol. The molecule has 2 aromatic carbocycles. The number of fused-ring (bicyclic) bond motifs is 1. The fraction of sp³-hybridized carbons (Fsp3) is 0.417. The van der Waals surface area contributed by atoms with Crippen LogP contribution in [-0.2, 0) is 16.0 Å². The van der Waals surface area contributed by atoms with Crippen LogP contribution in [0.4, 0.5) is 5.13 Å². The number of carbonyl (C=O) groups excluding carboxylic acids is 1. The van der Waals surface area contributed by atoms with Gasteiger partial charge in [0.25, 0.3) is 0 Å². The number of amides is 1. The van der Waals surface area contributed by atoms with Crippen molar-refractivity contribution in [2.24, 2.45) is 0 Å². The van der Waals surface area contributed by atoms with Gasteiger partial charge in [-0.2, -0.15) is 0 Å². The van der Waals surface area contributed by atoms with E-state index in [1.807, 2.05) is 17.0 Å². The molecule has 0 N–H and O–H groups in total. The lowest BCUT2D eigenvalue weighted by atomic mass is 10.1. The van der Waals surface area contributed by atoms with Crippen molar-refractivity contribution in [1.29, 1.82) is 0 Å². The van der Waals surface area contributed by atoms with Gasteiger partial charge in [-0.1, -0.05) is 47.2 Å². The van der Waals surface area contributed by atoms with E-state index in [4.69, 9.17) is 9.72 Å². The van der Waals surface area contributed by atoms with Gasteiger partial charge in [0.15, 0.2) is 5.13 Å². The molecule has 0 bridgehead atoms. The molecule has 1 aromatic heterocycles. The first kappa shape index (κ1) is 23.7. The van der Waals surface area contributed by atoms with Gasteiger partial charge in [0.2, 0.25) is 5.91 Å². The standard InChI is InChI=1S/C24H29N3O2S.ClH/c1-17-5-4-6-20(15-17)16-22(28)27(10-9-26-11-13-29-14-12-26)24-25-23-19(3)18(2)7-8-21(23)30-24;/h4-8,15H,9-14,16H2,1-3H3;1H. The van der Waals surface area contributed by atoms with E-state index in [2.05, 4.69) is 49.9 Å². The molecule has 7 heteroatoms. The average Bonchev–Trinajstić information content (AvgIpc) is 3.16. The Morgan fingerprint density at radius 2 is 1.94 bits per heavy atom. The Morgan fingerprint density at radius 3 is 2.68 bits per heavy atom. The molecule has 1 aliphatic heterocycles. The molecule has 1 saturated heterocycles. The molecule has 166 valence electrons. The van der Waals surface area contributed by atoms with E-state index in [9.17, 15) is 4.79 Å². The smallest absolute Gasteiger partial charge is 0.233 e. The minimum Gasteiger partial charge on any atom is -0.379 e. The number of hydrogen-bond donors (Lipinski definition) is 0. The first-order valence-corrected chi connectivity index (χ1v) is 11.4. The van der Waals surface area contributed by atoms with Crippen LogP contribution in [0.15, 0.2) is 36.4 Å². The van der Waals surface area contributed by atoms with Crippen molar-refractivity contribution in [2.75, 3.05) is 44.3 Å². The third-order valence-electron chi connectivity index (χ3n) is 5.79. The zero-order valence-corrected chi connectivity index (χ0v) is 20.0. The van der Waals surface area contributed by atoms with Gasteiger partial charge < -0.3 is 4.74 Å². The number of aromatic nitrogens is 1. The van der Waals surface area contributed by atoms with E-state index in [-0.39, 0.29) is 18.3 Å². The van der Waals surface area contributed by atoms with Gasteiger partial charge in [-0.25, -0.2) is 4.98 Å². The van der Waals surface area contributed by atoms with Gasteiger partial charge in [0, 0.05) is 26.2 Å². The van der Waals surface area contributed by atoms with Crippen molar-refractivity contribution >= 4 is 45.0 Å². The molecular formula is C24H30ClN3O2S. The summed E-state index contributed by atoms with van der Waals surface area (Å²) in [7, 11) is 0. The van der Waals surface area contributed by atoms with E-state index >= 15 is 0 Å². The number of ether oxygens (including phenoxy) is 1. The Labute approximate surface area is 194 Å². The molecule has 0 atom stereocenters. The summed E-state index contributed by atoms with van der Waals surface area (Å²) in [5, 5.41) is 0.796. The van der Waals surface area contributed by atoms with Crippen LogP contribution >= 0.6 is 23.7 Å². The molecular weight excluding hydrogens is 430 g/mol. The topological polar surface area (TPSA) is 45.7 Å². The quantitative estimate of drug-likeness (QED) is 0.542. The molecule has 5 nitrogen and oxygen atoms in total. The fourth-order valence-electron chi connectivity index (χ4n) is 3.82. The average molecular weight is 460 g/mol. The maximum Gasteiger partial charge on any atom is 0.233 e. The summed E-state index contributed by atoms with van der Waals surface area (Å²) in [5.74, 6) is 0.0993. The molecule has 0 saturated carbocycles. The van der Waals surface area contributed by atoms with Crippen LogP contribution in [0.3, 0.4) is 0 Å². The van der Waals surface area contributed by atoms with Crippen LogP contribution < -0.4 is 4.90 Å². The van der Waals surface area contributed by atoms with E-state index in [1.165, 1.54) is 16.7 Å². The largest absolute Gasteiger partial charge is 0.379 e. The Bertz CT molecular complexity index is 1050. The molecule has 0 spiro atoms. The highest BCUT2D eigenvalue weighted by atomic mass is 35.5. The van der Waals surface area contributed by atoms with Crippen molar-refractivity contribution in [1.82, 2.24) is 9.88 Å². The predicted octanol–water partition coefficient (Wildman–Crippen LogP) is 4.55. The minimum atomic E-state index is 0. The third kappa shape index (κ3) is 5.63. The third-order valence-corrected chi connectivity index (χ3v) is 6.83. The van der Waals surface area contributed by atoms with Crippen LogP contribution in [-0.4, -0.2) is 55.2 Å². The zero-order chi connectivity index (χ0) is 21.1. The normalized spacial score (nSPS) is 14.4. The second-order valence-electron chi connectivity index (χ2n) is 8.02. The number of morpholine rings is 1. The van der Waals surface area contributed by atoms with Crippen LogP contribution in [0.1, 0.15) is 22.3 Å². The van der Waals surface area contributed by atoms with Crippen molar-refractivity contribution < 1.29 is 9.53 Å². The lowest BCUT2D eigenvalue weighted by molar-refractivity contribution is -0.118. The summed E-state index contributed by atoms with van der Waals surface area (Å²) < 4.78 is 6.59. The first-order chi connectivity index (χ1) is 14.5. The molecule has 1 amide bonds. The maximum atomic E-state index is 13.4. The summed E-state index contributed by atoms with van der Waals surface area (Å²) in [4.78, 5) is 22.5. The number of rotatable bonds is 6. The van der Waals surface area contributed by atoms with Crippen molar-refractivity contribution in [3.63, 3.8) is 0 Å². The second-order valence-corrected chi connectivity index (χ2v) is 9.02. The number of nitrogens with zero attached hydrogens (tertiary/aromatic N) is 3. The SMILES string of the molecule is Cc1cccc(CC(=O)N(CCN2CCOCC2)c2nc3c(C)c(C)ccc3s2)c1.Cl. The van der Waals surface area contributed by atoms with E-state index in [0.717, 1.165) is 53.8 Å². The van der Waals surface area contributed by atoms with Gasteiger partial charge in [0.05, 0.1) is 29.9 Å². The van der Waals surface area contributed by atoms with Gasteiger partial charge in [0.1, 0.15) is 0 Å². The number of halogens is 1. The summed E-state index contributed by atoms with van der Waals surface area (Å²) in [6.45, 7) is 11.1. The van der Waals surface area contributed by atoms with Crippen LogP contribution in [0, 0.1) is 20.8 Å². The number of aryl methyl sites for hydroxylation is 3. The number of carbonyl (C=O) groups is 1. The zero-order valence-electron chi connectivity index (χ0n) is 18.4. The molecule has 4 rings (SSSR count). The first-order valence-electron chi connectivity index (χ1n) is 10.5. The fourth-order valence-corrected chi connectivity index (χ4v) is 4.88. The van der Waals surface area contributed by atoms with Gasteiger partial charge in [-0.15, -0.1) is 12.4 Å². The van der Waals surface area contributed by atoms with Crippen molar-refractivity contribution in [3.05, 3.63) is 58.7 Å². The highest BCUT2D eigenvalue weighted by Crippen LogP contribution is 2.32. The van der Waals surface area contributed by atoms with Gasteiger partial charge in [-0.05, 0) is 43.5 Å². The van der Waals surface area contributed by atoms with Crippen molar-refractivity contribution in [2.45, 2.75) is 27.2 Å². The van der Waals surface area contributed by atoms with E-state index in [1.54, 1.807) is 11.3 Å². The Kier molecular flexibility index (Phi) is 8.06. The number of thiazole rings is 1. The van der Waals surface area contributed by atoms with Crippen LogP contribution in [0.25, 0.3) is 10.2 Å². The lowest BCUT2D eigenvalue weighted by Gasteiger charge is -2.29. The second kappa shape index (κ2) is 10.6. The van der Waals surface area contributed by atoms with Crippen LogP contribution in [0.5, 0.6) is 0 Å². The maximum absolute atomic E-state index is 13.4. The van der Waals surface area contributed by atoms with E-state index in [0.29, 0.717) is 13.0 Å². The molecule has 3 aromatic rings. The number of hydrogen-bond acceptors (Lipinski definition) is 5. The van der Waals surface area contributed by atoms with Gasteiger partial charge in [-0.3, -0.25) is 14.6 Å². The molecule has 2 heterocycles. The molecule has 0 unspecified atom stereocenters. The highest BCUT2D eigenvalue weighted by molar-refractivity contribution is 7.22. The molecule has 0 aliphatic carbocycles. The molecule has 0 radical (unpaired) electrons. The number of benzene rings is 2. The highest BCUT2D eigenvalue weighted by Gasteiger charge is 2.22. The summed E-state index contributed by atoms with van der Waals surface area (Å²) in [6, 6.07) is 12.4. The monoisotopic (exact) mass is 459 g/mol. The molecule has 1 fully saturated rings. The van der Waals surface area contributed by atoms with Crippen molar-refractivity contribution in [3.8, 4) is 0 Å². The van der Waals surface area contributed by atoms with Gasteiger partial charge >= 0.3 is 0 Å². The molecule has 31 heavy (non-hydrogen) atoms. The Balaban J connectivity index is 0.00000272. The lowest BCUT2D eigenvalue weighted by Crippen LogP contribution is -2.43. The summed E-state index contributed by atoms with van der Waals surface area (Å²) in [5.41, 5.74) is 5.64. The molecule has 1 aliphatic rings. The summed E-state index contributed by atoms with van der Waals surface area (Å²) in [6.07, 6.45) is 0.388. The Hall–Kier alpha value is -1.99. The van der Waals surface area contributed by atoms with Crippen LogP contribution in [0.2, 0.25) is 0 Å². The Morgan fingerprint density at radius 1 is 1.16 bits per heavy atom. The number of anilines is 1. The minimum absolute atomic E-state index is 0.